The summed E-state index contributed by atoms with van der Waals surface area (Å²) in [5.41, 5.74) is 2.98. The molecule has 1 heterocycles. The molecule has 3 rings (SSSR count). The van der Waals surface area contributed by atoms with Crippen LogP contribution in [0.3, 0.4) is 0 Å². The van der Waals surface area contributed by atoms with Gasteiger partial charge in [-0.2, -0.15) is 4.98 Å². The Kier molecular flexibility index (Phi) is 5.64. The van der Waals surface area contributed by atoms with E-state index >= 15 is 0 Å². The first-order chi connectivity index (χ1) is 12.3. The number of rotatable bonds is 8. The molecule has 0 saturated heterocycles. The molecule has 25 heavy (non-hydrogen) atoms. The van der Waals surface area contributed by atoms with E-state index in [1.54, 1.807) is 7.11 Å². The standard InChI is InChI=1S/C19H21N3O3/c1-14-6-3-4-9-17(14)19-21-18(22-25-19)13-20-15-7-5-8-16(12-15)24-11-10-23-2/h3-9,12,20H,10-11,13H2,1-2H3. The average Bonchev–Trinajstić information content (AvgIpc) is 3.10. The van der Waals surface area contributed by atoms with E-state index in [1.165, 1.54) is 0 Å². The van der Waals surface area contributed by atoms with Crippen molar-refractivity contribution < 1.29 is 14.0 Å². The normalized spacial score (nSPS) is 10.6. The molecular weight excluding hydrogens is 318 g/mol. The molecule has 0 bridgehead atoms. The van der Waals surface area contributed by atoms with Gasteiger partial charge in [-0.25, -0.2) is 0 Å². The lowest BCUT2D eigenvalue weighted by atomic mass is 10.1. The topological polar surface area (TPSA) is 69.4 Å². The van der Waals surface area contributed by atoms with Gasteiger partial charge in [0.1, 0.15) is 12.4 Å². The van der Waals surface area contributed by atoms with Crippen LogP contribution in [0.4, 0.5) is 5.69 Å². The van der Waals surface area contributed by atoms with Crippen LogP contribution in [0.25, 0.3) is 11.5 Å². The van der Waals surface area contributed by atoms with Gasteiger partial charge in [-0.1, -0.05) is 29.4 Å². The second-order valence-corrected chi connectivity index (χ2v) is 5.55. The van der Waals surface area contributed by atoms with Gasteiger partial charge in [-0.05, 0) is 30.7 Å². The first-order valence-electron chi connectivity index (χ1n) is 8.10. The number of aryl methyl sites for hydroxylation is 1. The molecule has 0 spiro atoms. The van der Waals surface area contributed by atoms with Gasteiger partial charge < -0.3 is 19.3 Å². The Morgan fingerprint density at radius 1 is 1.08 bits per heavy atom. The molecule has 2 aromatic carbocycles. The molecule has 0 atom stereocenters. The van der Waals surface area contributed by atoms with Crippen molar-refractivity contribution in [3.05, 3.63) is 59.9 Å². The van der Waals surface area contributed by atoms with Gasteiger partial charge in [0.05, 0.1) is 13.2 Å². The van der Waals surface area contributed by atoms with E-state index in [4.69, 9.17) is 14.0 Å². The third-order valence-electron chi connectivity index (χ3n) is 3.68. The highest BCUT2D eigenvalue weighted by atomic mass is 16.5. The summed E-state index contributed by atoms with van der Waals surface area (Å²) in [6.45, 7) is 3.57. The van der Waals surface area contributed by atoms with Gasteiger partial charge >= 0.3 is 0 Å². The monoisotopic (exact) mass is 339 g/mol. The van der Waals surface area contributed by atoms with Crippen LogP contribution in [0.15, 0.2) is 53.1 Å². The maximum Gasteiger partial charge on any atom is 0.258 e. The molecule has 0 unspecified atom stereocenters. The van der Waals surface area contributed by atoms with Crippen LogP contribution in [0.2, 0.25) is 0 Å². The van der Waals surface area contributed by atoms with Crippen molar-refractivity contribution in [2.24, 2.45) is 0 Å². The van der Waals surface area contributed by atoms with Crippen LogP contribution in [0.1, 0.15) is 11.4 Å². The maximum absolute atomic E-state index is 5.60. The van der Waals surface area contributed by atoms with Gasteiger partial charge in [0.25, 0.3) is 5.89 Å². The summed E-state index contributed by atoms with van der Waals surface area (Å²) in [6, 6.07) is 15.7. The molecule has 1 N–H and O–H groups in total. The Hall–Kier alpha value is -2.86. The SMILES string of the molecule is COCCOc1cccc(NCc2noc(-c3ccccc3C)n2)c1. The third kappa shape index (κ3) is 4.58. The smallest absolute Gasteiger partial charge is 0.258 e. The molecule has 0 fully saturated rings. The number of nitrogens with zero attached hydrogens (tertiary/aromatic N) is 2. The van der Waals surface area contributed by atoms with Crippen molar-refractivity contribution in [3.8, 4) is 17.2 Å². The van der Waals surface area contributed by atoms with Crippen molar-refractivity contribution in [1.82, 2.24) is 10.1 Å². The fraction of sp³-hybridized carbons (Fsp3) is 0.263. The van der Waals surface area contributed by atoms with E-state index in [1.807, 2.05) is 55.5 Å². The average molecular weight is 339 g/mol. The van der Waals surface area contributed by atoms with E-state index in [-0.39, 0.29) is 0 Å². The molecule has 3 aromatic rings. The summed E-state index contributed by atoms with van der Waals surface area (Å²) in [7, 11) is 1.65. The molecule has 6 heteroatoms. The largest absolute Gasteiger partial charge is 0.491 e. The lowest BCUT2D eigenvalue weighted by Gasteiger charge is -2.08. The number of ether oxygens (including phenoxy) is 2. The highest BCUT2D eigenvalue weighted by Gasteiger charge is 2.10. The zero-order valence-electron chi connectivity index (χ0n) is 14.4. The summed E-state index contributed by atoms with van der Waals surface area (Å²) >= 11 is 0. The minimum absolute atomic E-state index is 0.469. The van der Waals surface area contributed by atoms with Crippen molar-refractivity contribution >= 4 is 5.69 Å². The van der Waals surface area contributed by atoms with Crippen LogP contribution in [0, 0.1) is 6.92 Å². The Balaban J connectivity index is 1.61. The maximum atomic E-state index is 5.60. The Bertz CT molecular complexity index is 817. The summed E-state index contributed by atoms with van der Waals surface area (Å²) in [4.78, 5) is 4.45. The van der Waals surface area contributed by atoms with Crippen LogP contribution < -0.4 is 10.1 Å². The van der Waals surface area contributed by atoms with E-state index in [0.29, 0.717) is 31.5 Å². The minimum Gasteiger partial charge on any atom is -0.491 e. The lowest BCUT2D eigenvalue weighted by Crippen LogP contribution is -2.05. The van der Waals surface area contributed by atoms with Crippen LogP contribution in [-0.4, -0.2) is 30.5 Å². The molecule has 0 aliphatic heterocycles. The van der Waals surface area contributed by atoms with Crippen LogP contribution >= 0.6 is 0 Å². The number of benzene rings is 2. The van der Waals surface area contributed by atoms with E-state index in [2.05, 4.69) is 15.5 Å². The molecule has 0 aliphatic rings. The first kappa shape index (κ1) is 17.0. The minimum atomic E-state index is 0.469. The van der Waals surface area contributed by atoms with Crippen molar-refractivity contribution in [2.75, 3.05) is 25.6 Å². The number of hydrogen-bond donors (Lipinski definition) is 1. The second kappa shape index (κ2) is 8.30. The van der Waals surface area contributed by atoms with Gasteiger partial charge in [0, 0.05) is 24.4 Å². The zero-order chi connectivity index (χ0) is 17.5. The number of hydrogen-bond acceptors (Lipinski definition) is 6. The Morgan fingerprint density at radius 3 is 2.80 bits per heavy atom. The third-order valence-corrected chi connectivity index (χ3v) is 3.68. The fourth-order valence-electron chi connectivity index (χ4n) is 2.37. The lowest BCUT2D eigenvalue weighted by molar-refractivity contribution is 0.146. The van der Waals surface area contributed by atoms with E-state index in [0.717, 1.165) is 22.6 Å². The first-order valence-corrected chi connectivity index (χ1v) is 8.10. The molecule has 0 radical (unpaired) electrons. The highest BCUT2D eigenvalue weighted by molar-refractivity contribution is 5.57. The van der Waals surface area contributed by atoms with Gasteiger partial charge in [0.2, 0.25) is 0 Å². The number of nitrogens with one attached hydrogen (secondary N) is 1. The molecule has 6 nitrogen and oxygen atoms in total. The molecule has 0 amide bonds. The summed E-state index contributed by atoms with van der Waals surface area (Å²) < 4.78 is 15.9. The Labute approximate surface area is 146 Å². The zero-order valence-corrected chi connectivity index (χ0v) is 14.4. The summed E-state index contributed by atoms with van der Waals surface area (Å²) in [5.74, 6) is 1.92. The van der Waals surface area contributed by atoms with E-state index < -0.39 is 0 Å². The predicted molar refractivity (Wildman–Crippen MR) is 95.6 cm³/mol. The molecule has 130 valence electrons. The molecule has 0 aliphatic carbocycles. The Morgan fingerprint density at radius 2 is 1.96 bits per heavy atom. The van der Waals surface area contributed by atoms with Crippen LogP contribution in [0.5, 0.6) is 5.75 Å². The molecular formula is C19H21N3O3. The van der Waals surface area contributed by atoms with Gasteiger partial charge in [-0.3, -0.25) is 0 Å². The number of anilines is 1. The van der Waals surface area contributed by atoms with E-state index in [9.17, 15) is 0 Å². The predicted octanol–water partition coefficient (Wildman–Crippen LogP) is 3.68. The molecule has 1 aromatic heterocycles. The molecule has 0 saturated carbocycles. The highest BCUT2D eigenvalue weighted by Crippen LogP contribution is 2.22. The number of methoxy groups -OCH3 is 1. The summed E-state index contributed by atoms with van der Waals surface area (Å²) in [5, 5.41) is 7.31. The van der Waals surface area contributed by atoms with Crippen molar-refractivity contribution in [2.45, 2.75) is 13.5 Å². The second-order valence-electron chi connectivity index (χ2n) is 5.55. The van der Waals surface area contributed by atoms with Crippen molar-refractivity contribution in [3.63, 3.8) is 0 Å². The van der Waals surface area contributed by atoms with Crippen molar-refractivity contribution in [1.29, 1.82) is 0 Å². The number of aromatic nitrogens is 2. The summed E-state index contributed by atoms with van der Waals surface area (Å²) in [6.07, 6.45) is 0. The van der Waals surface area contributed by atoms with Gasteiger partial charge in [-0.15, -0.1) is 0 Å². The van der Waals surface area contributed by atoms with Crippen LogP contribution in [-0.2, 0) is 11.3 Å². The van der Waals surface area contributed by atoms with Gasteiger partial charge in [0.15, 0.2) is 5.82 Å². The fourth-order valence-corrected chi connectivity index (χ4v) is 2.37. The quantitative estimate of drug-likeness (QED) is 0.631.